The molecule has 1 aliphatic heterocycles. The van der Waals surface area contributed by atoms with E-state index in [0.717, 1.165) is 32.0 Å². The molecule has 0 saturated carbocycles. The van der Waals surface area contributed by atoms with Crippen LogP contribution in [0, 0.1) is 11.7 Å². The van der Waals surface area contributed by atoms with Gasteiger partial charge in [0.2, 0.25) is 0 Å². The van der Waals surface area contributed by atoms with Crippen molar-refractivity contribution in [3.63, 3.8) is 0 Å². The molecule has 2 rings (SSSR count). The third-order valence-corrected chi connectivity index (χ3v) is 3.28. The minimum Gasteiger partial charge on any atom is -0.377 e. The number of rotatable bonds is 5. The number of ether oxygens (including phenoxy) is 1. The van der Waals surface area contributed by atoms with Gasteiger partial charge in [-0.05, 0) is 44.3 Å². The van der Waals surface area contributed by atoms with E-state index in [4.69, 9.17) is 4.74 Å². The molecule has 1 saturated heterocycles. The summed E-state index contributed by atoms with van der Waals surface area (Å²) >= 11 is 0. The van der Waals surface area contributed by atoms with Gasteiger partial charge in [0.15, 0.2) is 0 Å². The van der Waals surface area contributed by atoms with Crippen molar-refractivity contribution in [2.45, 2.75) is 25.9 Å². The van der Waals surface area contributed by atoms with Gasteiger partial charge in [0.1, 0.15) is 5.82 Å². The molecule has 0 bridgehead atoms. The molecule has 1 N–H and O–H groups in total. The van der Waals surface area contributed by atoms with Gasteiger partial charge < -0.3 is 10.1 Å². The Bertz CT molecular complexity index is 337. The molecule has 0 radical (unpaired) electrons. The zero-order valence-corrected chi connectivity index (χ0v) is 10.1. The minimum absolute atomic E-state index is 0.174. The Labute approximate surface area is 102 Å². The summed E-state index contributed by atoms with van der Waals surface area (Å²) in [6, 6.07) is 6.79. The van der Waals surface area contributed by atoms with Gasteiger partial charge in [-0.15, -0.1) is 0 Å². The quantitative estimate of drug-likeness (QED) is 0.795. The number of piperidine rings is 1. The van der Waals surface area contributed by atoms with E-state index in [1.165, 1.54) is 18.9 Å². The van der Waals surface area contributed by atoms with E-state index in [0.29, 0.717) is 12.2 Å². The second-order valence-electron chi connectivity index (χ2n) is 4.65. The monoisotopic (exact) mass is 237 g/mol. The Hall–Kier alpha value is -0.930. The molecule has 1 fully saturated rings. The van der Waals surface area contributed by atoms with E-state index in [-0.39, 0.29) is 5.82 Å². The number of hydrogen-bond donors (Lipinski definition) is 1. The average molecular weight is 237 g/mol. The highest BCUT2D eigenvalue weighted by Crippen LogP contribution is 2.14. The predicted molar refractivity (Wildman–Crippen MR) is 66.3 cm³/mol. The van der Waals surface area contributed by atoms with Crippen LogP contribution in [0.5, 0.6) is 0 Å². The van der Waals surface area contributed by atoms with E-state index < -0.39 is 0 Å². The molecule has 1 aliphatic rings. The molecule has 2 nitrogen and oxygen atoms in total. The number of benzene rings is 1. The summed E-state index contributed by atoms with van der Waals surface area (Å²) in [5.74, 6) is 0.552. The van der Waals surface area contributed by atoms with Crippen LogP contribution in [-0.4, -0.2) is 19.7 Å². The van der Waals surface area contributed by atoms with Gasteiger partial charge in [0, 0.05) is 12.2 Å². The van der Waals surface area contributed by atoms with Crippen molar-refractivity contribution in [3.05, 3.63) is 35.6 Å². The largest absolute Gasteiger partial charge is 0.377 e. The van der Waals surface area contributed by atoms with Crippen LogP contribution in [0.3, 0.4) is 0 Å². The molecule has 0 unspecified atom stereocenters. The molecule has 0 aliphatic carbocycles. The Balaban J connectivity index is 1.64. The zero-order valence-electron chi connectivity index (χ0n) is 10.1. The normalized spacial score (nSPS) is 20.4. The Kier molecular flexibility index (Phi) is 4.95. The molecule has 1 aromatic rings. The Morgan fingerprint density at radius 2 is 2.24 bits per heavy atom. The topological polar surface area (TPSA) is 21.3 Å². The number of nitrogens with one attached hydrogen (secondary N) is 1. The second kappa shape index (κ2) is 6.72. The van der Waals surface area contributed by atoms with Gasteiger partial charge in [0.25, 0.3) is 0 Å². The van der Waals surface area contributed by atoms with E-state index in [1.54, 1.807) is 12.1 Å². The van der Waals surface area contributed by atoms with Crippen LogP contribution in [0.2, 0.25) is 0 Å². The summed E-state index contributed by atoms with van der Waals surface area (Å²) in [4.78, 5) is 0. The summed E-state index contributed by atoms with van der Waals surface area (Å²) < 4.78 is 18.8. The van der Waals surface area contributed by atoms with Gasteiger partial charge in [-0.3, -0.25) is 0 Å². The molecule has 0 amide bonds. The molecule has 1 heterocycles. The van der Waals surface area contributed by atoms with Gasteiger partial charge in [-0.2, -0.15) is 0 Å². The molecule has 0 spiro atoms. The zero-order chi connectivity index (χ0) is 11.9. The molecule has 1 atom stereocenters. The Morgan fingerprint density at radius 3 is 3.00 bits per heavy atom. The number of hydrogen-bond acceptors (Lipinski definition) is 2. The van der Waals surface area contributed by atoms with Gasteiger partial charge >= 0.3 is 0 Å². The van der Waals surface area contributed by atoms with Crippen molar-refractivity contribution in [2.24, 2.45) is 5.92 Å². The first-order chi connectivity index (χ1) is 8.36. The molecular formula is C14H20FNO. The third kappa shape index (κ3) is 4.10. The highest BCUT2D eigenvalue weighted by molar-refractivity contribution is 5.16. The van der Waals surface area contributed by atoms with Crippen molar-refractivity contribution in [1.82, 2.24) is 5.32 Å². The maximum absolute atomic E-state index is 13.3. The highest BCUT2D eigenvalue weighted by Gasteiger charge is 2.12. The first-order valence-electron chi connectivity index (χ1n) is 6.38. The maximum atomic E-state index is 13.3. The summed E-state index contributed by atoms with van der Waals surface area (Å²) in [5.41, 5.74) is 0.647. The van der Waals surface area contributed by atoms with Crippen molar-refractivity contribution < 1.29 is 9.13 Å². The molecule has 0 aromatic heterocycles. The van der Waals surface area contributed by atoms with Crippen LogP contribution in [0.1, 0.15) is 24.8 Å². The van der Waals surface area contributed by atoms with Crippen molar-refractivity contribution in [1.29, 1.82) is 0 Å². The van der Waals surface area contributed by atoms with Crippen LogP contribution in [-0.2, 0) is 11.3 Å². The second-order valence-corrected chi connectivity index (χ2v) is 4.65. The van der Waals surface area contributed by atoms with Gasteiger partial charge in [-0.1, -0.05) is 18.2 Å². The summed E-state index contributed by atoms with van der Waals surface area (Å²) in [7, 11) is 0. The fraction of sp³-hybridized carbons (Fsp3) is 0.571. The molecule has 17 heavy (non-hydrogen) atoms. The van der Waals surface area contributed by atoms with Crippen LogP contribution >= 0.6 is 0 Å². The summed E-state index contributed by atoms with van der Waals surface area (Å²) in [6.07, 6.45) is 3.62. The van der Waals surface area contributed by atoms with E-state index in [2.05, 4.69) is 5.32 Å². The van der Waals surface area contributed by atoms with E-state index >= 15 is 0 Å². The smallest absolute Gasteiger partial charge is 0.128 e. The van der Waals surface area contributed by atoms with Crippen LogP contribution < -0.4 is 5.32 Å². The minimum atomic E-state index is -0.174. The summed E-state index contributed by atoms with van der Waals surface area (Å²) in [6.45, 7) is 3.35. The maximum Gasteiger partial charge on any atom is 0.128 e. The van der Waals surface area contributed by atoms with Crippen molar-refractivity contribution in [3.8, 4) is 0 Å². The standard InChI is InChI=1S/C14H20FNO/c15-14-6-2-1-5-13(14)11-17-9-7-12-4-3-8-16-10-12/h1-2,5-6,12,16H,3-4,7-11H2/t12-/m1/s1. The molecular weight excluding hydrogens is 217 g/mol. The lowest BCUT2D eigenvalue weighted by Gasteiger charge is -2.22. The molecule has 3 heteroatoms. The van der Waals surface area contributed by atoms with Gasteiger partial charge in [-0.25, -0.2) is 4.39 Å². The van der Waals surface area contributed by atoms with Gasteiger partial charge in [0.05, 0.1) is 6.61 Å². The molecule has 94 valence electrons. The lowest BCUT2D eigenvalue weighted by atomic mass is 9.97. The molecule has 1 aromatic carbocycles. The Morgan fingerprint density at radius 1 is 1.35 bits per heavy atom. The highest BCUT2D eigenvalue weighted by atomic mass is 19.1. The number of halogens is 1. The summed E-state index contributed by atoms with van der Waals surface area (Å²) in [5, 5.41) is 3.39. The average Bonchev–Trinajstić information content (AvgIpc) is 2.38. The first kappa shape index (κ1) is 12.5. The predicted octanol–water partition coefficient (Wildman–Crippen LogP) is 2.73. The van der Waals surface area contributed by atoms with Crippen LogP contribution in [0.15, 0.2) is 24.3 Å². The lowest BCUT2D eigenvalue weighted by Crippen LogP contribution is -2.30. The first-order valence-corrected chi connectivity index (χ1v) is 6.38. The van der Waals surface area contributed by atoms with Crippen LogP contribution in [0.4, 0.5) is 4.39 Å². The lowest BCUT2D eigenvalue weighted by molar-refractivity contribution is 0.101. The van der Waals surface area contributed by atoms with Crippen molar-refractivity contribution in [2.75, 3.05) is 19.7 Å². The van der Waals surface area contributed by atoms with E-state index in [1.807, 2.05) is 6.07 Å². The van der Waals surface area contributed by atoms with Crippen LogP contribution in [0.25, 0.3) is 0 Å². The van der Waals surface area contributed by atoms with Crippen molar-refractivity contribution >= 4 is 0 Å². The fourth-order valence-electron chi connectivity index (χ4n) is 2.22. The third-order valence-electron chi connectivity index (χ3n) is 3.28. The SMILES string of the molecule is Fc1ccccc1COCC[C@H]1CCCNC1. The fourth-order valence-corrected chi connectivity index (χ4v) is 2.22. The van der Waals surface area contributed by atoms with E-state index in [9.17, 15) is 4.39 Å².